The van der Waals surface area contributed by atoms with Gasteiger partial charge in [-0.05, 0) is 36.8 Å². The number of likely N-dealkylation sites (tertiary alicyclic amines) is 1. The average Bonchev–Trinajstić information content (AvgIpc) is 2.86. The van der Waals surface area contributed by atoms with Gasteiger partial charge in [0.2, 0.25) is 0 Å². The average molecular weight is 257 g/mol. The molecule has 0 bridgehead atoms. The molecular weight excluding hydrogens is 242 g/mol. The first-order chi connectivity index (χ1) is 9.28. The number of ether oxygens (including phenoxy) is 1. The molecule has 0 aliphatic carbocycles. The highest BCUT2D eigenvalue weighted by Gasteiger charge is 2.23. The Balaban J connectivity index is 1.81. The van der Waals surface area contributed by atoms with Gasteiger partial charge in [-0.25, -0.2) is 0 Å². The largest absolute Gasteiger partial charge is 0.497 e. The highest BCUT2D eigenvalue weighted by molar-refractivity contribution is 5.93. The van der Waals surface area contributed by atoms with E-state index in [1.807, 2.05) is 29.2 Å². The second kappa shape index (κ2) is 4.76. The maximum atomic E-state index is 12.0. The first-order valence-electron chi connectivity index (χ1n) is 6.27. The molecule has 5 heteroatoms. The van der Waals surface area contributed by atoms with Gasteiger partial charge in [0.25, 0.3) is 5.91 Å². The van der Waals surface area contributed by atoms with Crippen molar-refractivity contribution in [3.63, 3.8) is 0 Å². The Hall–Kier alpha value is -2.30. The first kappa shape index (κ1) is 11.8. The number of nitrogens with one attached hydrogen (secondary N) is 1. The van der Waals surface area contributed by atoms with E-state index in [0.717, 1.165) is 36.5 Å². The second-order valence-electron chi connectivity index (χ2n) is 4.54. The number of aromatic amines is 1. The van der Waals surface area contributed by atoms with Gasteiger partial charge < -0.3 is 9.64 Å². The number of nitrogens with zero attached hydrogens (tertiary/aromatic N) is 2. The molecule has 0 radical (unpaired) electrons. The molecule has 5 nitrogen and oxygen atoms in total. The molecule has 1 aromatic heterocycles. The molecule has 0 spiro atoms. The van der Waals surface area contributed by atoms with Crippen LogP contribution in [-0.2, 0) is 0 Å². The third-order valence-corrected chi connectivity index (χ3v) is 3.34. The molecule has 1 N–H and O–H groups in total. The molecule has 1 saturated heterocycles. The lowest BCUT2D eigenvalue weighted by Gasteiger charge is -2.30. The molecule has 98 valence electrons. The molecule has 1 aliphatic heterocycles. The summed E-state index contributed by atoms with van der Waals surface area (Å²) in [4.78, 5) is 13.8. The van der Waals surface area contributed by atoms with Gasteiger partial charge in [0.1, 0.15) is 11.4 Å². The summed E-state index contributed by atoms with van der Waals surface area (Å²) >= 11 is 0. The number of rotatable bonds is 3. The van der Waals surface area contributed by atoms with Crippen molar-refractivity contribution in [2.75, 3.05) is 20.2 Å². The summed E-state index contributed by atoms with van der Waals surface area (Å²) in [6, 6.07) is 9.39. The van der Waals surface area contributed by atoms with Crippen LogP contribution in [0.2, 0.25) is 0 Å². The van der Waals surface area contributed by atoms with Crippen LogP contribution in [0.5, 0.6) is 5.75 Å². The SMILES string of the molecule is COc1ccc(-c2cc(C(=O)N3CCC3)[nH]n2)cc1. The Morgan fingerprint density at radius 2 is 2.05 bits per heavy atom. The molecule has 1 aliphatic rings. The highest BCUT2D eigenvalue weighted by atomic mass is 16.5. The number of hydrogen-bond donors (Lipinski definition) is 1. The van der Waals surface area contributed by atoms with Crippen LogP contribution < -0.4 is 4.74 Å². The van der Waals surface area contributed by atoms with Gasteiger partial charge in [0.15, 0.2) is 0 Å². The van der Waals surface area contributed by atoms with E-state index in [1.54, 1.807) is 13.2 Å². The van der Waals surface area contributed by atoms with Crippen LogP contribution >= 0.6 is 0 Å². The fourth-order valence-corrected chi connectivity index (χ4v) is 2.03. The third kappa shape index (κ3) is 2.19. The monoisotopic (exact) mass is 257 g/mol. The Labute approximate surface area is 111 Å². The summed E-state index contributed by atoms with van der Waals surface area (Å²) in [5.41, 5.74) is 2.27. The van der Waals surface area contributed by atoms with Crippen molar-refractivity contribution in [1.29, 1.82) is 0 Å². The van der Waals surface area contributed by atoms with Crippen LogP contribution in [0.3, 0.4) is 0 Å². The number of amides is 1. The standard InChI is InChI=1S/C14H15N3O2/c1-19-11-5-3-10(4-6-11)12-9-13(16-15-12)14(18)17-7-2-8-17/h3-6,9H,2,7-8H2,1H3,(H,15,16). The molecule has 0 unspecified atom stereocenters. The number of methoxy groups -OCH3 is 1. The predicted octanol–water partition coefficient (Wildman–Crippen LogP) is 1.93. The minimum Gasteiger partial charge on any atom is -0.497 e. The van der Waals surface area contributed by atoms with Gasteiger partial charge in [-0.2, -0.15) is 5.10 Å². The van der Waals surface area contributed by atoms with Crippen LogP contribution in [0.4, 0.5) is 0 Å². The zero-order chi connectivity index (χ0) is 13.2. The quantitative estimate of drug-likeness (QED) is 0.914. The lowest BCUT2D eigenvalue weighted by atomic mass is 10.1. The summed E-state index contributed by atoms with van der Waals surface area (Å²) in [6.07, 6.45) is 1.09. The maximum Gasteiger partial charge on any atom is 0.271 e. The molecule has 0 saturated carbocycles. The zero-order valence-corrected chi connectivity index (χ0v) is 10.7. The first-order valence-corrected chi connectivity index (χ1v) is 6.27. The van der Waals surface area contributed by atoms with Crippen molar-refractivity contribution in [3.05, 3.63) is 36.0 Å². The Morgan fingerprint density at radius 1 is 1.32 bits per heavy atom. The van der Waals surface area contributed by atoms with Crippen LogP contribution in [0.15, 0.2) is 30.3 Å². The van der Waals surface area contributed by atoms with Crippen molar-refractivity contribution in [3.8, 4) is 17.0 Å². The number of carbonyl (C=O) groups excluding carboxylic acids is 1. The molecule has 2 aromatic rings. The maximum absolute atomic E-state index is 12.0. The molecule has 0 atom stereocenters. The van der Waals surface area contributed by atoms with Gasteiger partial charge in [0.05, 0.1) is 12.8 Å². The van der Waals surface area contributed by atoms with E-state index in [-0.39, 0.29) is 5.91 Å². The van der Waals surface area contributed by atoms with Crippen LogP contribution in [0.1, 0.15) is 16.9 Å². The minimum absolute atomic E-state index is 0.0264. The summed E-state index contributed by atoms with van der Waals surface area (Å²) < 4.78 is 5.11. The summed E-state index contributed by atoms with van der Waals surface area (Å²) in [6.45, 7) is 1.69. The van der Waals surface area contributed by atoms with Crippen LogP contribution in [0, 0.1) is 0 Å². The normalized spacial score (nSPS) is 14.1. The molecule has 1 aromatic carbocycles. The number of aromatic nitrogens is 2. The Bertz CT molecular complexity index is 585. The molecular formula is C14H15N3O2. The smallest absolute Gasteiger partial charge is 0.271 e. The van der Waals surface area contributed by atoms with Crippen LogP contribution in [0.25, 0.3) is 11.3 Å². The molecule has 2 heterocycles. The number of carbonyl (C=O) groups is 1. The van der Waals surface area contributed by atoms with E-state index in [1.165, 1.54) is 0 Å². The fraction of sp³-hybridized carbons (Fsp3) is 0.286. The Morgan fingerprint density at radius 3 is 2.63 bits per heavy atom. The van der Waals surface area contributed by atoms with E-state index in [4.69, 9.17) is 4.74 Å². The second-order valence-corrected chi connectivity index (χ2v) is 4.54. The van der Waals surface area contributed by atoms with Crippen molar-refractivity contribution in [2.24, 2.45) is 0 Å². The van der Waals surface area contributed by atoms with Crippen molar-refractivity contribution in [1.82, 2.24) is 15.1 Å². The van der Waals surface area contributed by atoms with Gasteiger partial charge in [0, 0.05) is 18.7 Å². The molecule has 1 amide bonds. The van der Waals surface area contributed by atoms with Gasteiger partial charge in [-0.3, -0.25) is 9.89 Å². The van der Waals surface area contributed by atoms with Crippen molar-refractivity contribution in [2.45, 2.75) is 6.42 Å². The number of H-pyrrole nitrogens is 1. The van der Waals surface area contributed by atoms with Crippen molar-refractivity contribution < 1.29 is 9.53 Å². The molecule has 1 fully saturated rings. The van der Waals surface area contributed by atoms with Gasteiger partial charge >= 0.3 is 0 Å². The van der Waals surface area contributed by atoms with Crippen LogP contribution in [-0.4, -0.2) is 41.2 Å². The van der Waals surface area contributed by atoms with E-state index < -0.39 is 0 Å². The predicted molar refractivity (Wildman–Crippen MR) is 71.1 cm³/mol. The zero-order valence-electron chi connectivity index (χ0n) is 10.7. The lowest BCUT2D eigenvalue weighted by molar-refractivity contribution is 0.0645. The van der Waals surface area contributed by atoms with E-state index in [9.17, 15) is 4.79 Å². The molecule has 3 rings (SSSR count). The molecule has 19 heavy (non-hydrogen) atoms. The lowest BCUT2D eigenvalue weighted by Crippen LogP contribution is -2.42. The summed E-state index contributed by atoms with van der Waals surface area (Å²) in [7, 11) is 1.63. The minimum atomic E-state index is 0.0264. The van der Waals surface area contributed by atoms with E-state index in [0.29, 0.717) is 5.69 Å². The topological polar surface area (TPSA) is 58.2 Å². The van der Waals surface area contributed by atoms with Gasteiger partial charge in [-0.1, -0.05) is 0 Å². The third-order valence-electron chi connectivity index (χ3n) is 3.34. The van der Waals surface area contributed by atoms with Gasteiger partial charge in [-0.15, -0.1) is 0 Å². The van der Waals surface area contributed by atoms with Crippen molar-refractivity contribution >= 4 is 5.91 Å². The highest BCUT2D eigenvalue weighted by Crippen LogP contribution is 2.22. The summed E-state index contributed by atoms with van der Waals surface area (Å²) in [5, 5.41) is 7.00. The Kier molecular flexibility index (Phi) is 2.95. The van der Waals surface area contributed by atoms with E-state index in [2.05, 4.69) is 10.2 Å². The summed E-state index contributed by atoms with van der Waals surface area (Å²) in [5.74, 6) is 0.828. The number of hydrogen-bond acceptors (Lipinski definition) is 3. The van der Waals surface area contributed by atoms with E-state index >= 15 is 0 Å². The fourth-order valence-electron chi connectivity index (χ4n) is 2.03. The number of benzene rings is 1.